The zero-order valence-corrected chi connectivity index (χ0v) is 18.4. The Morgan fingerprint density at radius 1 is 0.941 bits per heavy atom. The molecule has 1 amide bonds. The minimum atomic E-state index is -1.13. The Morgan fingerprint density at radius 3 is 2.56 bits per heavy atom. The van der Waals surface area contributed by atoms with Crippen LogP contribution in [0.2, 0.25) is 0 Å². The van der Waals surface area contributed by atoms with Crippen LogP contribution in [0.4, 0.5) is 0 Å². The molecular formula is C27H24N2O5. The number of hydrogen-bond donors (Lipinski definition) is 3. The number of hydrogen-bond acceptors (Lipinski definition) is 5. The maximum atomic E-state index is 13.0. The third-order valence-electron chi connectivity index (χ3n) is 5.36. The number of nitrogens with one attached hydrogen (secondary N) is 1. The standard InChI is InChI=1S/C27H24N2O5/c30-23-16-21(14-20-9-5-12-28-26(20)23)19-10-11-24(34-17-25(31)32)22(15-19)27(33)29-13-4-8-18-6-2-1-3-7-18/h1-3,5-7,9-12,14-16,30H,4,8,13,17H2,(H,29,33)(H,31,32). The van der Waals surface area contributed by atoms with Gasteiger partial charge in [-0.25, -0.2) is 4.79 Å². The maximum Gasteiger partial charge on any atom is 0.341 e. The summed E-state index contributed by atoms with van der Waals surface area (Å²) in [6.07, 6.45) is 3.19. The molecule has 0 radical (unpaired) electrons. The van der Waals surface area contributed by atoms with E-state index >= 15 is 0 Å². The summed E-state index contributed by atoms with van der Waals surface area (Å²) in [5, 5.41) is 23.0. The van der Waals surface area contributed by atoms with E-state index in [-0.39, 0.29) is 23.0 Å². The number of nitrogens with zero attached hydrogens (tertiary/aromatic N) is 1. The summed E-state index contributed by atoms with van der Waals surface area (Å²) in [6.45, 7) is -0.102. The number of benzene rings is 3. The van der Waals surface area contributed by atoms with Crippen molar-refractivity contribution in [1.29, 1.82) is 0 Å². The van der Waals surface area contributed by atoms with Gasteiger partial charge in [0.05, 0.1) is 5.56 Å². The van der Waals surface area contributed by atoms with E-state index in [2.05, 4.69) is 10.3 Å². The predicted octanol–water partition coefficient (Wildman–Crippen LogP) is 4.43. The number of carboxylic acid groups (broad SMARTS) is 1. The van der Waals surface area contributed by atoms with E-state index in [0.717, 1.165) is 18.2 Å². The van der Waals surface area contributed by atoms with Gasteiger partial charge in [0.25, 0.3) is 5.91 Å². The first-order valence-corrected chi connectivity index (χ1v) is 10.9. The fourth-order valence-corrected chi connectivity index (χ4v) is 3.73. The minimum Gasteiger partial charge on any atom is -0.506 e. The topological polar surface area (TPSA) is 109 Å². The van der Waals surface area contributed by atoms with E-state index in [0.29, 0.717) is 23.2 Å². The zero-order valence-electron chi connectivity index (χ0n) is 18.4. The number of carboxylic acids is 1. The molecule has 4 rings (SSSR count). The number of carbonyl (C=O) groups is 2. The molecule has 0 unspecified atom stereocenters. The number of aromatic hydroxyl groups is 1. The summed E-state index contributed by atoms with van der Waals surface area (Å²) in [5.74, 6) is -1.28. The lowest BCUT2D eigenvalue weighted by Crippen LogP contribution is -2.26. The molecule has 0 bridgehead atoms. The Bertz CT molecular complexity index is 1320. The van der Waals surface area contributed by atoms with Crippen LogP contribution in [0.5, 0.6) is 11.5 Å². The van der Waals surface area contributed by atoms with Gasteiger partial charge in [0.2, 0.25) is 0 Å². The van der Waals surface area contributed by atoms with Crippen molar-refractivity contribution in [2.24, 2.45) is 0 Å². The molecule has 7 heteroatoms. The number of amides is 1. The molecule has 0 aliphatic rings. The summed E-state index contributed by atoms with van der Waals surface area (Å²) in [4.78, 5) is 28.2. The van der Waals surface area contributed by atoms with Crippen molar-refractivity contribution in [3.05, 3.63) is 90.1 Å². The van der Waals surface area contributed by atoms with Crippen molar-refractivity contribution in [3.63, 3.8) is 0 Å². The maximum absolute atomic E-state index is 13.0. The van der Waals surface area contributed by atoms with Crippen molar-refractivity contribution in [2.75, 3.05) is 13.2 Å². The van der Waals surface area contributed by atoms with Gasteiger partial charge < -0.3 is 20.3 Å². The number of fused-ring (bicyclic) bond motifs is 1. The van der Waals surface area contributed by atoms with Crippen molar-refractivity contribution in [1.82, 2.24) is 10.3 Å². The van der Waals surface area contributed by atoms with Gasteiger partial charge in [-0.2, -0.15) is 0 Å². The van der Waals surface area contributed by atoms with E-state index in [1.165, 1.54) is 5.56 Å². The van der Waals surface area contributed by atoms with Crippen LogP contribution >= 0.6 is 0 Å². The highest BCUT2D eigenvalue weighted by molar-refractivity contribution is 5.99. The molecule has 0 fully saturated rings. The molecular weight excluding hydrogens is 432 g/mol. The summed E-state index contributed by atoms with van der Waals surface area (Å²) < 4.78 is 5.36. The number of aryl methyl sites for hydroxylation is 1. The molecule has 3 N–H and O–H groups in total. The van der Waals surface area contributed by atoms with Crippen LogP contribution in [0.1, 0.15) is 22.3 Å². The van der Waals surface area contributed by atoms with Crippen molar-refractivity contribution in [2.45, 2.75) is 12.8 Å². The highest BCUT2D eigenvalue weighted by Crippen LogP contribution is 2.33. The normalized spacial score (nSPS) is 10.7. The summed E-state index contributed by atoms with van der Waals surface area (Å²) in [6, 6.07) is 22.0. The third kappa shape index (κ3) is 5.50. The number of aliphatic carboxylic acids is 1. The molecule has 1 aromatic heterocycles. The minimum absolute atomic E-state index is 0.0335. The molecule has 1 heterocycles. The van der Waals surface area contributed by atoms with Gasteiger partial charge in [-0.3, -0.25) is 9.78 Å². The highest BCUT2D eigenvalue weighted by Gasteiger charge is 2.16. The number of phenols is 1. The van der Waals surface area contributed by atoms with E-state index in [1.54, 1.807) is 36.5 Å². The smallest absolute Gasteiger partial charge is 0.341 e. The quantitative estimate of drug-likeness (QED) is 0.322. The van der Waals surface area contributed by atoms with E-state index in [9.17, 15) is 14.7 Å². The molecule has 0 atom stereocenters. The molecule has 4 aromatic rings. The van der Waals surface area contributed by atoms with E-state index in [1.807, 2.05) is 42.5 Å². The molecule has 0 aliphatic heterocycles. The second kappa shape index (κ2) is 10.5. The molecule has 34 heavy (non-hydrogen) atoms. The Kier molecular flexibility index (Phi) is 7.03. The first-order valence-electron chi connectivity index (χ1n) is 10.9. The average molecular weight is 456 g/mol. The lowest BCUT2D eigenvalue weighted by molar-refractivity contribution is -0.139. The average Bonchev–Trinajstić information content (AvgIpc) is 2.85. The van der Waals surface area contributed by atoms with Crippen LogP contribution in [-0.2, 0) is 11.2 Å². The van der Waals surface area contributed by atoms with Gasteiger partial charge in [0, 0.05) is 18.1 Å². The van der Waals surface area contributed by atoms with Crippen molar-refractivity contribution >= 4 is 22.8 Å². The Hall–Kier alpha value is -4.39. The molecule has 0 aliphatic carbocycles. The first kappa shape index (κ1) is 22.8. The van der Waals surface area contributed by atoms with Crippen LogP contribution in [0.25, 0.3) is 22.0 Å². The number of aromatic nitrogens is 1. The van der Waals surface area contributed by atoms with E-state index < -0.39 is 12.6 Å². The Labute approximate surface area is 196 Å². The summed E-state index contributed by atoms with van der Waals surface area (Å²) >= 11 is 0. The molecule has 0 saturated carbocycles. The summed E-state index contributed by atoms with van der Waals surface area (Å²) in [7, 11) is 0. The predicted molar refractivity (Wildman–Crippen MR) is 129 cm³/mol. The first-order chi connectivity index (χ1) is 16.5. The molecule has 0 saturated heterocycles. The van der Waals surface area contributed by atoms with Crippen LogP contribution in [0.15, 0.2) is 79.0 Å². The Morgan fingerprint density at radius 2 is 1.76 bits per heavy atom. The van der Waals surface area contributed by atoms with Crippen molar-refractivity contribution in [3.8, 4) is 22.6 Å². The van der Waals surface area contributed by atoms with E-state index in [4.69, 9.17) is 9.84 Å². The SMILES string of the molecule is O=C(O)COc1ccc(-c2cc(O)c3ncccc3c2)cc1C(=O)NCCCc1ccccc1. The molecule has 7 nitrogen and oxygen atoms in total. The van der Waals surface area contributed by atoms with Gasteiger partial charge in [0.15, 0.2) is 6.61 Å². The van der Waals surface area contributed by atoms with Gasteiger partial charge in [-0.1, -0.05) is 42.5 Å². The molecule has 3 aromatic carbocycles. The largest absolute Gasteiger partial charge is 0.506 e. The van der Waals surface area contributed by atoms with Crippen molar-refractivity contribution < 1.29 is 24.5 Å². The lowest BCUT2D eigenvalue weighted by Gasteiger charge is -2.13. The number of rotatable bonds is 9. The van der Waals surface area contributed by atoms with Gasteiger partial charge in [0.1, 0.15) is 17.0 Å². The number of carbonyl (C=O) groups excluding carboxylic acids is 1. The fourth-order valence-electron chi connectivity index (χ4n) is 3.73. The van der Waals surface area contributed by atoms with Gasteiger partial charge >= 0.3 is 5.97 Å². The Balaban J connectivity index is 1.56. The second-order valence-corrected chi connectivity index (χ2v) is 7.81. The summed E-state index contributed by atoms with van der Waals surface area (Å²) in [5.41, 5.74) is 3.28. The monoisotopic (exact) mass is 456 g/mol. The van der Waals surface area contributed by atoms with Crippen LogP contribution < -0.4 is 10.1 Å². The third-order valence-corrected chi connectivity index (χ3v) is 5.36. The second-order valence-electron chi connectivity index (χ2n) is 7.81. The van der Waals surface area contributed by atoms with Gasteiger partial charge in [-0.05, 0) is 59.9 Å². The fraction of sp³-hybridized carbons (Fsp3) is 0.148. The number of ether oxygens (including phenoxy) is 1. The zero-order chi connectivity index (χ0) is 23.9. The highest BCUT2D eigenvalue weighted by atomic mass is 16.5. The van der Waals surface area contributed by atoms with Gasteiger partial charge in [-0.15, -0.1) is 0 Å². The number of pyridine rings is 1. The molecule has 172 valence electrons. The van der Waals surface area contributed by atoms with Crippen LogP contribution in [0, 0.1) is 0 Å². The lowest BCUT2D eigenvalue weighted by atomic mass is 9.99. The van der Waals surface area contributed by atoms with Crippen LogP contribution in [-0.4, -0.2) is 40.2 Å². The number of phenolic OH excluding ortho intramolecular Hbond substituents is 1. The van der Waals surface area contributed by atoms with Crippen LogP contribution in [0.3, 0.4) is 0 Å². The molecule has 0 spiro atoms.